The van der Waals surface area contributed by atoms with E-state index in [1.807, 2.05) is 37.3 Å². The number of hydrogen-bond donors (Lipinski definition) is 0. The third kappa shape index (κ3) is 2.12. The monoisotopic (exact) mass is 332 g/mol. The maximum atomic E-state index is 12.7. The van der Waals surface area contributed by atoms with Crippen molar-refractivity contribution in [2.24, 2.45) is 0 Å². The number of benzene rings is 2. The zero-order chi connectivity index (χ0) is 17.6. The highest BCUT2D eigenvalue weighted by Crippen LogP contribution is 2.41. The first-order chi connectivity index (χ1) is 12.1. The number of β-lactam (4-membered cyclic amide) rings is 1. The molecule has 0 radical (unpaired) electrons. The molecular weight excluding hydrogens is 316 g/mol. The molecule has 0 aliphatic carbocycles. The highest BCUT2D eigenvalue weighted by molar-refractivity contribution is 6.23. The maximum absolute atomic E-state index is 12.7. The molecule has 2 aliphatic heterocycles. The molecule has 1 fully saturated rings. The van der Waals surface area contributed by atoms with Crippen LogP contribution in [0.4, 0.5) is 0 Å². The first-order valence-electron chi connectivity index (χ1n) is 8.12. The van der Waals surface area contributed by atoms with Crippen molar-refractivity contribution in [2.75, 3.05) is 0 Å². The van der Waals surface area contributed by atoms with Gasteiger partial charge in [0.15, 0.2) is 0 Å². The lowest BCUT2D eigenvalue weighted by molar-refractivity contribution is -0.150. The average Bonchev–Trinajstić information content (AvgIpc) is 2.89. The number of likely N-dealkylation sites (tertiary alicyclic amines) is 1. The number of hydrogen-bond acceptors (Lipinski definition) is 3. The van der Waals surface area contributed by atoms with Gasteiger partial charge in [0, 0.05) is 6.20 Å². The van der Waals surface area contributed by atoms with Gasteiger partial charge in [0.25, 0.3) is 17.7 Å². The Bertz CT molecular complexity index is 869. The van der Waals surface area contributed by atoms with Crippen molar-refractivity contribution in [1.29, 1.82) is 0 Å². The summed E-state index contributed by atoms with van der Waals surface area (Å²) in [7, 11) is 0. The summed E-state index contributed by atoms with van der Waals surface area (Å²) >= 11 is 0. The minimum atomic E-state index is -0.814. The number of fused-ring (bicyclic) bond motifs is 1. The summed E-state index contributed by atoms with van der Waals surface area (Å²) in [6.07, 6.45) is 3.46. The summed E-state index contributed by atoms with van der Waals surface area (Å²) in [6, 6.07) is 15.0. The normalized spacial score (nSPS) is 22.5. The molecule has 0 N–H and O–H groups in total. The Labute approximate surface area is 145 Å². The summed E-state index contributed by atoms with van der Waals surface area (Å²) in [6.45, 7) is 1.82. The van der Waals surface area contributed by atoms with Crippen molar-refractivity contribution in [3.63, 3.8) is 0 Å². The van der Waals surface area contributed by atoms with E-state index < -0.39 is 17.9 Å². The Morgan fingerprint density at radius 1 is 0.800 bits per heavy atom. The number of carbonyl (C=O) groups is 3. The zero-order valence-corrected chi connectivity index (χ0v) is 13.6. The number of amides is 3. The van der Waals surface area contributed by atoms with Crippen LogP contribution in [0, 0.1) is 0 Å². The molecule has 2 aromatic carbocycles. The van der Waals surface area contributed by atoms with Gasteiger partial charge in [-0.15, -0.1) is 0 Å². The van der Waals surface area contributed by atoms with E-state index in [-0.39, 0.29) is 11.9 Å². The van der Waals surface area contributed by atoms with Crippen molar-refractivity contribution < 1.29 is 14.4 Å². The van der Waals surface area contributed by atoms with Crippen LogP contribution in [0.1, 0.15) is 39.2 Å². The molecule has 124 valence electrons. The van der Waals surface area contributed by atoms with E-state index in [9.17, 15) is 14.4 Å². The maximum Gasteiger partial charge on any atom is 0.262 e. The Balaban J connectivity index is 1.76. The molecule has 5 nitrogen and oxygen atoms in total. The summed E-state index contributed by atoms with van der Waals surface area (Å²) in [4.78, 5) is 40.9. The first kappa shape index (κ1) is 15.3. The molecule has 0 bridgehead atoms. The van der Waals surface area contributed by atoms with Gasteiger partial charge in [0.1, 0.15) is 6.04 Å². The highest BCUT2D eigenvalue weighted by Gasteiger charge is 2.56. The molecule has 0 unspecified atom stereocenters. The molecule has 1 saturated heterocycles. The Morgan fingerprint density at radius 3 is 1.92 bits per heavy atom. The zero-order valence-electron chi connectivity index (χ0n) is 13.6. The molecule has 0 saturated carbocycles. The smallest absolute Gasteiger partial charge is 0.262 e. The van der Waals surface area contributed by atoms with Crippen molar-refractivity contribution in [3.8, 4) is 0 Å². The van der Waals surface area contributed by atoms with Gasteiger partial charge in [-0.3, -0.25) is 19.3 Å². The van der Waals surface area contributed by atoms with Crippen molar-refractivity contribution in [1.82, 2.24) is 9.80 Å². The van der Waals surface area contributed by atoms with Gasteiger partial charge in [-0.25, -0.2) is 0 Å². The van der Waals surface area contributed by atoms with Gasteiger partial charge in [-0.1, -0.05) is 48.5 Å². The molecule has 0 aromatic heterocycles. The summed E-state index contributed by atoms with van der Waals surface area (Å²) < 4.78 is 0. The van der Waals surface area contributed by atoms with Crippen LogP contribution < -0.4 is 0 Å². The number of rotatable bonds is 3. The Kier molecular flexibility index (Phi) is 3.50. The fourth-order valence-corrected chi connectivity index (χ4v) is 3.53. The fraction of sp³-hybridized carbons (Fsp3) is 0.150. The fourth-order valence-electron chi connectivity index (χ4n) is 3.53. The molecule has 2 aromatic rings. The number of imide groups is 1. The van der Waals surface area contributed by atoms with Crippen molar-refractivity contribution in [3.05, 3.63) is 83.6 Å². The second-order valence-corrected chi connectivity index (χ2v) is 6.05. The van der Waals surface area contributed by atoms with Gasteiger partial charge in [0.2, 0.25) is 0 Å². The van der Waals surface area contributed by atoms with Crippen LogP contribution in [-0.4, -0.2) is 33.6 Å². The minimum Gasteiger partial charge on any atom is -0.307 e. The predicted octanol–water partition coefficient (Wildman–Crippen LogP) is 2.77. The van der Waals surface area contributed by atoms with E-state index in [0.717, 1.165) is 10.5 Å². The molecule has 25 heavy (non-hydrogen) atoms. The molecule has 4 rings (SSSR count). The van der Waals surface area contributed by atoms with Crippen LogP contribution in [0.25, 0.3) is 0 Å². The van der Waals surface area contributed by atoms with Gasteiger partial charge >= 0.3 is 0 Å². The van der Waals surface area contributed by atoms with Crippen LogP contribution in [-0.2, 0) is 4.79 Å². The van der Waals surface area contributed by atoms with Crippen molar-refractivity contribution >= 4 is 17.7 Å². The van der Waals surface area contributed by atoms with E-state index in [2.05, 4.69) is 0 Å². The summed E-state index contributed by atoms with van der Waals surface area (Å²) in [5.41, 5.74) is 1.61. The second kappa shape index (κ2) is 5.70. The van der Waals surface area contributed by atoms with Gasteiger partial charge in [-0.05, 0) is 24.6 Å². The molecule has 0 spiro atoms. The molecule has 5 heteroatoms. The SMILES string of the molecule is C/C=C\N1C(=O)[C@H](N2C(=O)c3ccccc3C2=O)[C@@H]1c1ccccc1. The van der Waals surface area contributed by atoms with Crippen LogP contribution in [0.5, 0.6) is 0 Å². The van der Waals surface area contributed by atoms with Crippen LogP contribution in [0.15, 0.2) is 66.9 Å². The van der Waals surface area contributed by atoms with Crippen LogP contribution in [0.3, 0.4) is 0 Å². The quantitative estimate of drug-likeness (QED) is 0.641. The molecule has 2 aliphatic rings. The Hall–Kier alpha value is -3.21. The first-order valence-corrected chi connectivity index (χ1v) is 8.12. The third-order valence-corrected chi connectivity index (χ3v) is 4.66. The number of allylic oxidation sites excluding steroid dienone is 1. The van der Waals surface area contributed by atoms with Crippen LogP contribution in [0.2, 0.25) is 0 Å². The van der Waals surface area contributed by atoms with E-state index in [1.165, 1.54) is 0 Å². The third-order valence-electron chi connectivity index (χ3n) is 4.66. The molecule has 3 amide bonds. The average molecular weight is 332 g/mol. The van der Waals surface area contributed by atoms with Gasteiger partial charge in [-0.2, -0.15) is 0 Å². The largest absolute Gasteiger partial charge is 0.307 e. The van der Waals surface area contributed by atoms with Crippen LogP contribution >= 0.6 is 0 Å². The molecular formula is C20H16N2O3. The highest BCUT2D eigenvalue weighted by atomic mass is 16.2. The van der Waals surface area contributed by atoms with Gasteiger partial charge < -0.3 is 4.90 Å². The number of nitrogens with zero attached hydrogens (tertiary/aromatic N) is 2. The number of carbonyl (C=O) groups excluding carboxylic acids is 3. The molecule has 2 atom stereocenters. The van der Waals surface area contributed by atoms with E-state index in [4.69, 9.17) is 0 Å². The lowest BCUT2D eigenvalue weighted by atomic mass is 9.87. The second-order valence-electron chi connectivity index (χ2n) is 6.05. The predicted molar refractivity (Wildman–Crippen MR) is 91.6 cm³/mol. The standard InChI is InChI=1S/C20H16N2O3/c1-2-12-21-16(13-8-4-3-5-9-13)17(20(21)25)22-18(23)14-10-6-7-11-15(14)19(22)24/h2-12,16-17H,1H3/b12-2-/t16-,17+/m0/s1. The van der Waals surface area contributed by atoms with Gasteiger partial charge in [0.05, 0.1) is 17.2 Å². The Morgan fingerprint density at radius 2 is 1.36 bits per heavy atom. The van der Waals surface area contributed by atoms with E-state index in [0.29, 0.717) is 11.1 Å². The topological polar surface area (TPSA) is 57.7 Å². The summed E-state index contributed by atoms with van der Waals surface area (Å²) in [5, 5.41) is 0. The summed E-state index contributed by atoms with van der Waals surface area (Å²) in [5.74, 6) is -1.05. The lowest BCUT2D eigenvalue weighted by Gasteiger charge is -2.48. The van der Waals surface area contributed by atoms with E-state index >= 15 is 0 Å². The van der Waals surface area contributed by atoms with Crippen molar-refractivity contribution in [2.45, 2.75) is 19.0 Å². The molecule has 2 heterocycles. The lowest BCUT2D eigenvalue weighted by Crippen LogP contribution is -2.64. The minimum absolute atomic E-state index is 0.249. The van der Waals surface area contributed by atoms with E-state index in [1.54, 1.807) is 41.4 Å².